The van der Waals surface area contributed by atoms with Crippen LogP contribution in [0.25, 0.3) is 33.6 Å². The van der Waals surface area contributed by atoms with Crippen molar-refractivity contribution in [3.05, 3.63) is 84.7 Å². The van der Waals surface area contributed by atoms with Gasteiger partial charge >= 0.3 is 0 Å². The highest BCUT2D eigenvalue weighted by Gasteiger charge is 2.24. The molecular formula is C24H23N3. The summed E-state index contributed by atoms with van der Waals surface area (Å²) in [6.07, 6.45) is 1.55. The monoisotopic (exact) mass is 353 g/mol. The Labute approximate surface area is 160 Å². The molecule has 0 unspecified atom stereocenters. The summed E-state index contributed by atoms with van der Waals surface area (Å²) < 4.78 is 0. The number of aromatic amines is 1. The Morgan fingerprint density at radius 2 is 1.37 bits per heavy atom. The van der Waals surface area contributed by atoms with E-state index in [9.17, 15) is 0 Å². The molecule has 0 aliphatic carbocycles. The van der Waals surface area contributed by atoms with Crippen molar-refractivity contribution in [2.24, 2.45) is 0 Å². The number of hydrogen-bond acceptors (Lipinski definition) is 2. The van der Waals surface area contributed by atoms with Gasteiger partial charge in [-0.15, -0.1) is 0 Å². The van der Waals surface area contributed by atoms with Gasteiger partial charge in [0.25, 0.3) is 0 Å². The SMILES string of the molecule is CC(C)(C)c1cc(-c2ncn[nH]2)cc(-c2ccccc2)c1-c1ccccc1. The lowest BCUT2D eigenvalue weighted by atomic mass is 9.77. The largest absolute Gasteiger partial charge is 0.259 e. The topological polar surface area (TPSA) is 41.6 Å². The molecule has 4 rings (SSSR count). The first-order valence-corrected chi connectivity index (χ1v) is 9.19. The Bertz CT molecular complexity index is 1030. The first-order chi connectivity index (χ1) is 13.0. The summed E-state index contributed by atoms with van der Waals surface area (Å²) in [6.45, 7) is 6.77. The summed E-state index contributed by atoms with van der Waals surface area (Å²) in [5.41, 5.74) is 7.23. The van der Waals surface area contributed by atoms with Gasteiger partial charge in [-0.2, -0.15) is 5.10 Å². The molecule has 0 radical (unpaired) electrons. The van der Waals surface area contributed by atoms with Crippen LogP contribution >= 0.6 is 0 Å². The summed E-state index contributed by atoms with van der Waals surface area (Å²) >= 11 is 0. The Balaban J connectivity index is 2.09. The molecule has 1 heterocycles. The van der Waals surface area contributed by atoms with Crippen LogP contribution in [0.4, 0.5) is 0 Å². The number of nitrogens with one attached hydrogen (secondary N) is 1. The zero-order valence-corrected chi connectivity index (χ0v) is 15.9. The van der Waals surface area contributed by atoms with Crippen molar-refractivity contribution in [3.8, 4) is 33.6 Å². The van der Waals surface area contributed by atoms with Crippen LogP contribution in [0.2, 0.25) is 0 Å². The van der Waals surface area contributed by atoms with Gasteiger partial charge in [-0.1, -0.05) is 81.4 Å². The lowest BCUT2D eigenvalue weighted by Gasteiger charge is -2.26. The molecule has 3 nitrogen and oxygen atoms in total. The second-order valence-electron chi connectivity index (χ2n) is 7.76. The molecule has 1 aromatic heterocycles. The van der Waals surface area contributed by atoms with E-state index in [1.54, 1.807) is 6.33 Å². The van der Waals surface area contributed by atoms with Crippen molar-refractivity contribution in [2.45, 2.75) is 26.2 Å². The molecule has 0 saturated heterocycles. The molecule has 4 aromatic rings. The maximum atomic E-state index is 4.38. The number of aromatic nitrogens is 3. The lowest BCUT2D eigenvalue weighted by Crippen LogP contribution is -2.14. The Kier molecular flexibility index (Phi) is 4.36. The molecule has 3 aromatic carbocycles. The van der Waals surface area contributed by atoms with Gasteiger partial charge in [-0.25, -0.2) is 4.98 Å². The normalized spacial score (nSPS) is 11.5. The quantitative estimate of drug-likeness (QED) is 0.483. The third kappa shape index (κ3) is 3.41. The second-order valence-corrected chi connectivity index (χ2v) is 7.76. The van der Waals surface area contributed by atoms with E-state index in [4.69, 9.17) is 0 Å². The summed E-state index contributed by atoms with van der Waals surface area (Å²) in [7, 11) is 0. The molecule has 0 atom stereocenters. The molecule has 1 N–H and O–H groups in total. The van der Waals surface area contributed by atoms with Crippen molar-refractivity contribution in [3.63, 3.8) is 0 Å². The molecule has 0 spiro atoms. The van der Waals surface area contributed by atoms with Gasteiger partial charge in [-0.05, 0) is 45.4 Å². The van der Waals surface area contributed by atoms with E-state index in [2.05, 4.69) is 109 Å². The van der Waals surface area contributed by atoms with Crippen LogP contribution in [0.15, 0.2) is 79.1 Å². The second kappa shape index (κ2) is 6.84. The highest BCUT2D eigenvalue weighted by atomic mass is 15.2. The first kappa shape index (κ1) is 17.2. The third-order valence-electron chi connectivity index (χ3n) is 4.78. The zero-order chi connectivity index (χ0) is 18.9. The van der Waals surface area contributed by atoms with E-state index in [0.29, 0.717) is 0 Å². The fourth-order valence-electron chi connectivity index (χ4n) is 3.48. The van der Waals surface area contributed by atoms with Crippen molar-refractivity contribution < 1.29 is 0 Å². The molecule has 27 heavy (non-hydrogen) atoms. The number of benzene rings is 3. The zero-order valence-electron chi connectivity index (χ0n) is 15.9. The summed E-state index contributed by atoms with van der Waals surface area (Å²) in [5.74, 6) is 0.789. The van der Waals surface area contributed by atoms with Gasteiger partial charge in [0.1, 0.15) is 6.33 Å². The van der Waals surface area contributed by atoms with Crippen molar-refractivity contribution >= 4 is 0 Å². The summed E-state index contributed by atoms with van der Waals surface area (Å²) in [6, 6.07) is 25.6. The maximum absolute atomic E-state index is 4.38. The predicted octanol–water partition coefficient (Wildman–Crippen LogP) is 6.10. The van der Waals surface area contributed by atoms with Crippen LogP contribution in [0.5, 0.6) is 0 Å². The van der Waals surface area contributed by atoms with E-state index >= 15 is 0 Å². The predicted molar refractivity (Wildman–Crippen MR) is 111 cm³/mol. The van der Waals surface area contributed by atoms with Crippen molar-refractivity contribution in [1.29, 1.82) is 0 Å². The van der Waals surface area contributed by atoms with Gasteiger partial charge in [0.05, 0.1) is 0 Å². The third-order valence-corrected chi connectivity index (χ3v) is 4.78. The Morgan fingerprint density at radius 1 is 0.741 bits per heavy atom. The standard InChI is InChI=1S/C24H23N3/c1-24(2,3)21-15-19(23-25-16-26-27-23)14-20(17-10-6-4-7-11-17)22(21)18-12-8-5-9-13-18/h4-16H,1-3H3,(H,25,26,27). The van der Waals surface area contributed by atoms with Gasteiger partial charge in [0, 0.05) is 5.56 Å². The van der Waals surface area contributed by atoms with Gasteiger partial charge < -0.3 is 0 Å². The fourth-order valence-corrected chi connectivity index (χ4v) is 3.48. The maximum Gasteiger partial charge on any atom is 0.155 e. The van der Waals surface area contributed by atoms with Crippen LogP contribution in [-0.4, -0.2) is 15.2 Å². The van der Waals surface area contributed by atoms with Crippen LogP contribution < -0.4 is 0 Å². The van der Waals surface area contributed by atoms with E-state index < -0.39 is 0 Å². The van der Waals surface area contributed by atoms with Gasteiger partial charge in [0.15, 0.2) is 5.82 Å². The van der Waals surface area contributed by atoms with Crippen LogP contribution in [0, 0.1) is 0 Å². The van der Waals surface area contributed by atoms with Gasteiger partial charge in [0.2, 0.25) is 0 Å². The lowest BCUT2D eigenvalue weighted by molar-refractivity contribution is 0.592. The molecule has 0 aliphatic heterocycles. The Morgan fingerprint density at radius 3 is 1.93 bits per heavy atom. The molecule has 3 heteroatoms. The molecule has 0 saturated carbocycles. The smallest absolute Gasteiger partial charge is 0.155 e. The minimum absolute atomic E-state index is 0.0231. The van der Waals surface area contributed by atoms with E-state index in [-0.39, 0.29) is 5.41 Å². The number of hydrogen-bond donors (Lipinski definition) is 1. The van der Waals surface area contributed by atoms with E-state index in [1.165, 1.54) is 27.8 Å². The number of rotatable bonds is 3. The number of nitrogens with zero attached hydrogens (tertiary/aromatic N) is 2. The first-order valence-electron chi connectivity index (χ1n) is 9.19. The van der Waals surface area contributed by atoms with E-state index in [1.807, 2.05) is 0 Å². The summed E-state index contributed by atoms with van der Waals surface area (Å²) in [5, 5.41) is 7.05. The minimum Gasteiger partial charge on any atom is -0.259 e. The highest BCUT2D eigenvalue weighted by Crippen LogP contribution is 2.42. The minimum atomic E-state index is -0.0231. The average molecular weight is 353 g/mol. The average Bonchev–Trinajstić information content (AvgIpc) is 3.22. The molecule has 0 aliphatic rings. The van der Waals surface area contributed by atoms with Gasteiger partial charge in [-0.3, -0.25) is 5.10 Å². The fraction of sp³-hybridized carbons (Fsp3) is 0.167. The van der Waals surface area contributed by atoms with Crippen molar-refractivity contribution in [2.75, 3.05) is 0 Å². The Hall–Kier alpha value is -3.20. The van der Waals surface area contributed by atoms with Crippen molar-refractivity contribution in [1.82, 2.24) is 15.2 Å². The molecular weight excluding hydrogens is 330 g/mol. The van der Waals surface area contributed by atoms with E-state index in [0.717, 1.165) is 11.4 Å². The molecule has 0 bridgehead atoms. The van der Waals surface area contributed by atoms with Crippen LogP contribution in [-0.2, 0) is 5.41 Å². The molecule has 0 fully saturated rings. The highest BCUT2D eigenvalue weighted by molar-refractivity contribution is 5.89. The molecule has 0 amide bonds. The summed E-state index contributed by atoms with van der Waals surface area (Å²) in [4.78, 5) is 4.38. The molecule has 134 valence electrons. The number of H-pyrrole nitrogens is 1. The van der Waals surface area contributed by atoms with Crippen LogP contribution in [0.1, 0.15) is 26.3 Å². The van der Waals surface area contributed by atoms with Crippen LogP contribution in [0.3, 0.4) is 0 Å².